The van der Waals surface area contributed by atoms with E-state index in [9.17, 15) is 0 Å². The molecule has 0 unspecified atom stereocenters. The van der Waals surface area contributed by atoms with Gasteiger partial charge in [0.2, 0.25) is 6.79 Å². The standard InChI is InChI=1S/C7H6O2/c1-2-4-7-6(3-1)8-5-9-7/h1-4H,5H2/i3D,4D. The number of para-hydroxylation sites is 2. The maximum absolute atomic E-state index is 7.36. The largest absolute Gasteiger partial charge is 0.454 e. The second kappa shape index (κ2) is 1.65. The van der Waals surface area contributed by atoms with Crippen molar-refractivity contribution in [1.29, 1.82) is 0 Å². The molecule has 0 bridgehead atoms. The first-order valence-corrected chi connectivity index (χ1v) is 2.65. The van der Waals surface area contributed by atoms with Crippen molar-refractivity contribution in [2.75, 3.05) is 6.79 Å². The Labute approximate surface area is 55.8 Å². The number of ether oxygens (including phenoxy) is 2. The summed E-state index contributed by atoms with van der Waals surface area (Å²) in [6.07, 6.45) is 0. The molecule has 0 N–H and O–H groups in total. The Balaban J connectivity index is 2.64. The number of fused-ring (bicyclic) bond motifs is 1. The molecule has 46 valence electrons. The van der Waals surface area contributed by atoms with Crippen LogP contribution in [-0.2, 0) is 0 Å². The second-order valence-electron chi connectivity index (χ2n) is 1.69. The summed E-state index contributed by atoms with van der Waals surface area (Å²) >= 11 is 0. The molecule has 2 nitrogen and oxygen atoms in total. The van der Waals surface area contributed by atoms with Crippen LogP contribution in [0.4, 0.5) is 0 Å². The topological polar surface area (TPSA) is 18.5 Å². The number of benzene rings is 1. The fourth-order valence-corrected chi connectivity index (χ4v) is 0.728. The van der Waals surface area contributed by atoms with Crippen LogP contribution >= 0.6 is 0 Å². The van der Waals surface area contributed by atoms with Gasteiger partial charge in [-0.15, -0.1) is 0 Å². The number of rotatable bonds is 0. The van der Waals surface area contributed by atoms with Gasteiger partial charge in [0.25, 0.3) is 0 Å². The molecule has 1 heterocycles. The van der Waals surface area contributed by atoms with Crippen LogP contribution in [0.25, 0.3) is 0 Å². The van der Waals surface area contributed by atoms with E-state index in [0.29, 0.717) is 11.5 Å². The first-order valence-electron chi connectivity index (χ1n) is 3.65. The van der Waals surface area contributed by atoms with Crippen molar-refractivity contribution in [3.8, 4) is 11.5 Å². The molecule has 0 amide bonds. The Morgan fingerprint density at radius 3 is 2.33 bits per heavy atom. The Hall–Kier alpha value is -1.18. The molecule has 0 saturated heterocycles. The van der Waals surface area contributed by atoms with Crippen molar-refractivity contribution in [1.82, 2.24) is 0 Å². The van der Waals surface area contributed by atoms with Crippen molar-refractivity contribution in [3.63, 3.8) is 0 Å². The monoisotopic (exact) mass is 124 g/mol. The lowest BCUT2D eigenvalue weighted by molar-refractivity contribution is 0.174. The fourth-order valence-electron chi connectivity index (χ4n) is 0.728. The van der Waals surface area contributed by atoms with Crippen LogP contribution < -0.4 is 9.47 Å². The molecule has 1 aromatic rings. The van der Waals surface area contributed by atoms with Gasteiger partial charge in [0, 0.05) is 0 Å². The van der Waals surface area contributed by atoms with Gasteiger partial charge in [0.15, 0.2) is 11.5 Å². The maximum Gasteiger partial charge on any atom is 0.231 e. The van der Waals surface area contributed by atoms with Gasteiger partial charge in [-0.3, -0.25) is 0 Å². The Morgan fingerprint density at radius 1 is 1.22 bits per heavy atom. The quantitative estimate of drug-likeness (QED) is 0.520. The second-order valence-corrected chi connectivity index (χ2v) is 1.69. The minimum absolute atomic E-state index is 0.122. The number of hydrogen-bond donors (Lipinski definition) is 0. The van der Waals surface area contributed by atoms with E-state index in [1.165, 1.54) is 12.1 Å². The third-order valence-electron chi connectivity index (χ3n) is 1.12. The molecular formula is C7H6O2. The summed E-state index contributed by atoms with van der Waals surface area (Å²) in [5.41, 5.74) is 0. The average molecular weight is 124 g/mol. The van der Waals surface area contributed by atoms with Gasteiger partial charge in [0.05, 0.1) is 2.74 Å². The van der Waals surface area contributed by atoms with Crippen molar-refractivity contribution in [3.05, 3.63) is 24.2 Å². The first kappa shape index (κ1) is 3.11. The zero-order chi connectivity index (χ0) is 7.84. The highest BCUT2D eigenvalue weighted by molar-refractivity contribution is 5.40. The lowest BCUT2D eigenvalue weighted by Crippen LogP contribution is -1.92. The van der Waals surface area contributed by atoms with E-state index < -0.39 is 0 Å². The Morgan fingerprint density at radius 2 is 1.78 bits per heavy atom. The van der Waals surface area contributed by atoms with Gasteiger partial charge in [-0.25, -0.2) is 0 Å². The molecule has 1 aliphatic heterocycles. The molecule has 0 aliphatic carbocycles. The fraction of sp³-hybridized carbons (Fsp3) is 0.143. The molecule has 0 aromatic heterocycles. The first-order chi connectivity index (χ1) is 5.29. The van der Waals surface area contributed by atoms with Crippen LogP contribution in [0.5, 0.6) is 11.5 Å². The molecule has 2 rings (SSSR count). The van der Waals surface area contributed by atoms with Gasteiger partial charge in [-0.1, -0.05) is 12.1 Å². The molecule has 0 saturated carbocycles. The average Bonchev–Trinajstić information content (AvgIpc) is 2.45. The van der Waals surface area contributed by atoms with Crippen LogP contribution in [0.1, 0.15) is 2.74 Å². The molecule has 2 heteroatoms. The maximum atomic E-state index is 7.36. The van der Waals surface area contributed by atoms with Gasteiger partial charge in [-0.2, -0.15) is 0 Å². The lowest BCUT2D eigenvalue weighted by Gasteiger charge is -1.89. The Kier molecular flexibility index (Phi) is 0.571. The van der Waals surface area contributed by atoms with Crippen molar-refractivity contribution >= 4 is 0 Å². The summed E-state index contributed by atoms with van der Waals surface area (Å²) in [5.74, 6) is 0.773. The lowest BCUT2D eigenvalue weighted by atomic mass is 10.3. The van der Waals surface area contributed by atoms with E-state index in [2.05, 4.69) is 0 Å². The normalized spacial score (nSPS) is 16.9. The van der Waals surface area contributed by atoms with E-state index in [1.807, 2.05) is 0 Å². The van der Waals surface area contributed by atoms with Gasteiger partial charge < -0.3 is 9.47 Å². The van der Waals surface area contributed by atoms with Crippen LogP contribution in [0.3, 0.4) is 0 Å². The summed E-state index contributed by atoms with van der Waals surface area (Å²) in [7, 11) is 0. The van der Waals surface area contributed by atoms with Crippen LogP contribution in [0.15, 0.2) is 24.2 Å². The van der Waals surface area contributed by atoms with E-state index >= 15 is 0 Å². The highest BCUT2D eigenvalue weighted by atomic mass is 16.7. The SMILES string of the molecule is [2H]c1ccc([2H])c2c1OCO2. The van der Waals surface area contributed by atoms with Crippen molar-refractivity contribution < 1.29 is 12.2 Å². The van der Waals surface area contributed by atoms with Crippen molar-refractivity contribution in [2.45, 2.75) is 0 Å². The molecule has 0 spiro atoms. The zero-order valence-corrected chi connectivity index (χ0v) is 4.68. The van der Waals surface area contributed by atoms with Crippen LogP contribution in [0, 0.1) is 0 Å². The Bertz CT molecular complexity index is 270. The molecule has 0 atom stereocenters. The molecule has 1 aliphatic rings. The third kappa shape index (κ3) is 0.633. The molecule has 0 fully saturated rings. The number of hydrogen-bond acceptors (Lipinski definition) is 2. The molecule has 1 aromatic carbocycles. The summed E-state index contributed by atoms with van der Waals surface area (Å²) in [6, 6.07) is 3.59. The zero-order valence-electron chi connectivity index (χ0n) is 6.68. The third-order valence-corrected chi connectivity index (χ3v) is 1.12. The van der Waals surface area contributed by atoms with E-state index in [4.69, 9.17) is 12.2 Å². The highest BCUT2D eigenvalue weighted by Crippen LogP contribution is 2.30. The van der Waals surface area contributed by atoms with Gasteiger partial charge >= 0.3 is 0 Å². The predicted molar refractivity (Wildman–Crippen MR) is 32.6 cm³/mol. The summed E-state index contributed by atoms with van der Waals surface area (Å²) in [4.78, 5) is 0. The van der Waals surface area contributed by atoms with Gasteiger partial charge in [0.1, 0.15) is 0 Å². The predicted octanol–water partition coefficient (Wildman–Crippen LogP) is 1.42. The van der Waals surface area contributed by atoms with Gasteiger partial charge in [-0.05, 0) is 12.1 Å². The van der Waals surface area contributed by atoms with Crippen molar-refractivity contribution in [2.24, 2.45) is 0 Å². The van der Waals surface area contributed by atoms with E-state index in [0.717, 1.165) is 0 Å². The summed E-state index contributed by atoms with van der Waals surface area (Å²) in [5, 5.41) is 0. The molecule has 0 radical (unpaired) electrons. The van der Waals surface area contributed by atoms with E-state index in [1.54, 1.807) is 0 Å². The molecular weight excluding hydrogens is 116 g/mol. The van der Waals surface area contributed by atoms with Crippen LogP contribution in [0.2, 0.25) is 0 Å². The highest BCUT2D eigenvalue weighted by Gasteiger charge is 2.09. The molecule has 9 heavy (non-hydrogen) atoms. The summed E-state index contributed by atoms with van der Waals surface area (Å²) in [6.45, 7) is 0.122. The minimum Gasteiger partial charge on any atom is -0.454 e. The smallest absolute Gasteiger partial charge is 0.231 e. The van der Waals surface area contributed by atoms with Crippen LogP contribution in [-0.4, -0.2) is 6.79 Å². The summed E-state index contributed by atoms with van der Waals surface area (Å²) < 4.78 is 24.7. The minimum atomic E-state index is 0.122. The van der Waals surface area contributed by atoms with E-state index in [-0.39, 0.29) is 18.9 Å².